The number of hydrogen-bond acceptors (Lipinski definition) is 5. The Hall–Kier alpha value is -2.83. The summed E-state index contributed by atoms with van der Waals surface area (Å²) in [5.41, 5.74) is 1.83. The van der Waals surface area contributed by atoms with Crippen molar-refractivity contribution in [3.63, 3.8) is 0 Å². The van der Waals surface area contributed by atoms with Crippen LogP contribution < -0.4 is 5.32 Å². The third kappa shape index (κ3) is 3.50. The van der Waals surface area contributed by atoms with Crippen molar-refractivity contribution in [1.82, 2.24) is 20.3 Å². The summed E-state index contributed by atoms with van der Waals surface area (Å²) in [4.78, 5) is 12.1. The van der Waals surface area contributed by atoms with E-state index < -0.39 is 0 Å². The molecule has 0 saturated heterocycles. The first kappa shape index (κ1) is 15.1. The molecule has 23 heavy (non-hydrogen) atoms. The van der Waals surface area contributed by atoms with Crippen LogP contribution in [-0.2, 0) is 13.0 Å². The maximum absolute atomic E-state index is 12.1. The Morgan fingerprint density at radius 2 is 2.22 bits per heavy atom. The van der Waals surface area contributed by atoms with Crippen molar-refractivity contribution >= 4 is 5.91 Å². The van der Waals surface area contributed by atoms with E-state index in [4.69, 9.17) is 8.94 Å². The molecule has 0 aliphatic carbocycles. The molecule has 3 aromatic rings. The van der Waals surface area contributed by atoms with Crippen molar-refractivity contribution in [2.24, 2.45) is 0 Å². The average Bonchev–Trinajstić information content (AvgIpc) is 3.26. The van der Waals surface area contributed by atoms with Crippen molar-refractivity contribution in [3.05, 3.63) is 59.1 Å². The Kier molecular flexibility index (Phi) is 4.27. The normalized spacial score (nSPS) is 10.9. The number of aromatic nitrogens is 3. The molecular weight excluding hydrogens is 296 g/mol. The molecule has 0 bridgehead atoms. The Balaban J connectivity index is 1.57. The number of furan rings is 1. The topological polar surface area (TPSA) is 86.1 Å². The SMILES string of the molecule is Cc1noc(C)c1Cc1ccc(C(=O)NCCn2cccn2)o1. The number of nitrogens with one attached hydrogen (secondary N) is 1. The van der Waals surface area contributed by atoms with Crippen LogP contribution in [0.1, 0.15) is 33.3 Å². The molecule has 120 valence electrons. The summed E-state index contributed by atoms with van der Waals surface area (Å²) in [5, 5.41) is 10.8. The monoisotopic (exact) mass is 314 g/mol. The first-order chi connectivity index (χ1) is 11.1. The third-order valence-electron chi connectivity index (χ3n) is 3.60. The highest BCUT2D eigenvalue weighted by Crippen LogP contribution is 2.19. The van der Waals surface area contributed by atoms with Gasteiger partial charge in [0.15, 0.2) is 5.76 Å². The van der Waals surface area contributed by atoms with Gasteiger partial charge in [0.1, 0.15) is 11.5 Å². The molecule has 0 unspecified atom stereocenters. The first-order valence-electron chi connectivity index (χ1n) is 7.39. The summed E-state index contributed by atoms with van der Waals surface area (Å²) in [5.74, 6) is 1.54. The lowest BCUT2D eigenvalue weighted by Crippen LogP contribution is -2.27. The van der Waals surface area contributed by atoms with Gasteiger partial charge in [-0.2, -0.15) is 5.10 Å². The number of nitrogens with zero attached hydrogens (tertiary/aromatic N) is 3. The zero-order chi connectivity index (χ0) is 16.2. The lowest BCUT2D eigenvalue weighted by Gasteiger charge is -2.03. The maximum Gasteiger partial charge on any atom is 0.287 e. The predicted octanol–water partition coefficient (Wildman–Crippen LogP) is 2.10. The lowest BCUT2D eigenvalue weighted by atomic mass is 10.1. The number of rotatable bonds is 6. The van der Waals surface area contributed by atoms with Crippen LogP contribution in [-0.4, -0.2) is 27.4 Å². The van der Waals surface area contributed by atoms with E-state index in [1.165, 1.54) is 0 Å². The molecule has 3 rings (SSSR count). The zero-order valence-corrected chi connectivity index (χ0v) is 13.1. The molecule has 0 radical (unpaired) electrons. The van der Waals surface area contributed by atoms with Gasteiger partial charge in [-0.15, -0.1) is 0 Å². The second-order valence-corrected chi connectivity index (χ2v) is 5.27. The second-order valence-electron chi connectivity index (χ2n) is 5.27. The summed E-state index contributed by atoms with van der Waals surface area (Å²) in [6.07, 6.45) is 4.11. The van der Waals surface area contributed by atoms with Gasteiger partial charge < -0.3 is 14.3 Å². The maximum atomic E-state index is 12.1. The van der Waals surface area contributed by atoms with Crippen molar-refractivity contribution in [1.29, 1.82) is 0 Å². The van der Waals surface area contributed by atoms with Crippen LogP contribution in [0.15, 0.2) is 39.5 Å². The molecule has 0 spiro atoms. The number of amides is 1. The standard InChI is InChI=1S/C16H18N4O3/c1-11-14(12(2)23-19-11)10-13-4-5-15(22-13)16(21)17-7-9-20-8-3-6-18-20/h3-6,8H,7,9-10H2,1-2H3,(H,17,21). The molecule has 0 aromatic carbocycles. The van der Waals surface area contributed by atoms with Gasteiger partial charge in [0, 0.05) is 30.9 Å². The van der Waals surface area contributed by atoms with Gasteiger partial charge in [-0.05, 0) is 32.0 Å². The molecule has 1 amide bonds. The lowest BCUT2D eigenvalue weighted by molar-refractivity contribution is 0.0922. The van der Waals surface area contributed by atoms with E-state index >= 15 is 0 Å². The molecule has 7 heteroatoms. The average molecular weight is 314 g/mol. The van der Waals surface area contributed by atoms with E-state index in [0.717, 1.165) is 17.0 Å². The molecule has 7 nitrogen and oxygen atoms in total. The van der Waals surface area contributed by atoms with Crippen molar-refractivity contribution in [3.8, 4) is 0 Å². The van der Waals surface area contributed by atoms with Crippen LogP contribution in [0.4, 0.5) is 0 Å². The van der Waals surface area contributed by atoms with Gasteiger partial charge >= 0.3 is 0 Å². The first-order valence-corrected chi connectivity index (χ1v) is 7.39. The van der Waals surface area contributed by atoms with Crippen molar-refractivity contribution in [2.45, 2.75) is 26.8 Å². The smallest absolute Gasteiger partial charge is 0.287 e. The molecule has 0 atom stereocenters. The van der Waals surface area contributed by atoms with Crippen LogP contribution in [0, 0.1) is 13.8 Å². The largest absolute Gasteiger partial charge is 0.456 e. The Morgan fingerprint density at radius 3 is 2.91 bits per heavy atom. The molecule has 3 heterocycles. The molecule has 1 N–H and O–H groups in total. The molecular formula is C16H18N4O3. The zero-order valence-electron chi connectivity index (χ0n) is 13.1. The summed E-state index contributed by atoms with van der Waals surface area (Å²) >= 11 is 0. The second kappa shape index (κ2) is 6.51. The van der Waals surface area contributed by atoms with E-state index in [0.29, 0.717) is 31.0 Å². The summed E-state index contributed by atoms with van der Waals surface area (Å²) in [6, 6.07) is 5.32. The third-order valence-corrected chi connectivity index (χ3v) is 3.60. The highest BCUT2D eigenvalue weighted by molar-refractivity contribution is 5.91. The molecule has 0 aliphatic heterocycles. The van der Waals surface area contributed by atoms with Crippen LogP contribution >= 0.6 is 0 Å². The Morgan fingerprint density at radius 1 is 1.35 bits per heavy atom. The van der Waals surface area contributed by atoms with Crippen molar-refractivity contribution in [2.75, 3.05) is 6.54 Å². The summed E-state index contributed by atoms with van der Waals surface area (Å²) in [6.45, 7) is 4.85. The number of hydrogen-bond donors (Lipinski definition) is 1. The molecule has 0 aliphatic rings. The fourth-order valence-electron chi connectivity index (χ4n) is 2.33. The van der Waals surface area contributed by atoms with Crippen LogP contribution in [0.25, 0.3) is 0 Å². The van der Waals surface area contributed by atoms with Crippen LogP contribution in [0.3, 0.4) is 0 Å². The van der Waals surface area contributed by atoms with Crippen LogP contribution in [0.5, 0.6) is 0 Å². The highest BCUT2D eigenvalue weighted by atomic mass is 16.5. The van der Waals surface area contributed by atoms with E-state index in [1.54, 1.807) is 23.0 Å². The number of aryl methyl sites for hydroxylation is 2. The van der Waals surface area contributed by atoms with Gasteiger partial charge in [0.05, 0.1) is 12.2 Å². The molecule has 0 fully saturated rings. The Labute approximate surface area is 133 Å². The fourth-order valence-corrected chi connectivity index (χ4v) is 2.33. The van der Waals surface area contributed by atoms with Gasteiger partial charge in [0.2, 0.25) is 0 Å². The quantitative estimate of drug-likeness (QED) is 0.753. The van der Waals surface area contributed by atoms with Gasteiger partial charge in [0.25, 0.3) is 5.91 Å². The summed E-state index contributed by atoms with van der Waals surface area (Å²) < 4.78 is 12.5. The van der Waals surface area contributed by atoms with E-state index in [2.05, 4.69) is 15.6 Å². The number of carbonyl (C=O) groups is 1. The Bertz CT molecular complexity index is 767. The predicted molar refractivity (Wildman–Crippen MR) is 82.1 cm³/mol. The van der Waals surface area contributed by atoms with Crippen molar-refractivity contribution < 1.29 is 13.7 Å². The van der Waals surface area contributed by atoms with Gasteiger partial charge in [-0.25, -0.2) is 0 Å². The van der Waals surface area contributed by atoms with E-state index in [1.807, 2.05) is 26.1 Å². The minimum absolute atomic E-state index is 0.234. The minimum atomic E-state index is -0.234. The molecule has 3 aromatic heterocycles. The van der Waals surface area contributed by atoms with Gasteiger partial charge in [-0.1, -0.05) is 5.16 Å². The fraction of sp³-hybridized carbons (Fsp3) is 0.312. The van der Waals surface area contributed by atoms with E-state index in [-0.39, 0.29) is 5.91 Å². The highest BCUT2D eigenvalue weighted by Gasteiger charge is 2.15. The van der Waals surface area contributed by atoms with Crippen LogP contribution in [0.2, 0.25) is 0 Å². The summed E-state index contributed by atoms with van der Waals surface area (Å²) in [7, 11) is 0. The number of carbonyl (C=O) groups excluding carboxylic acids is 1. The van der Waals surface area contributed by atoms with Gasteiger partial charge in [-0.3, -0.25) is 9.48 Å². The van der Waals surface area contributed by atoms with E-state index in [9.17, 15) is 4.79 Å². The minimum Gasteiger partial charge on any atom is -0.456 e. The molecule has 0 saturated carbocycles.